The number of amides is 1. The zero-order valence-electron chi connectivity index (χ0n) is 10.9. The topological polar surface area (TPSA) is 47.6 Å². The lowest BCUT2D eigenvalue weighted by molar-refractivity contribution is -0.130. The SMILES string of the molecule is O=C(NCc1ccccc1)[C@@H]1COc2ccccc2O1. The minimum Gasteiger partial charge on any atom is -0.485 e. The second-order valence-electron chi connectivity index (χ2n) is 4.57. The Hall–Kier alpha value is -2.49. The third-order valence-corrected chi connectivity index (χ3v) is 3.11. The average Bonchev–Trinajstić information content (AvgIpc) is 2.53. The lowest BCUT2D eigenvalue weighted by atomic mass is 10.2. The Labute approximate surface area is 117 Å². The third kappa shape index (κ3) is 2.74. The van der Waals surface area contributed by atoms with Crippen LogP contribution in [0.1, 0.15) is 5.56 Å². The summed E-state index contributed by atoms with van der Waals surface area (Å²) in [5.74, 6) is 1.13. The molecule has 4 heteroatoms. The zero-order chi connectivity index (χ0) is 13.8. The van der Waals surface area contributed by atoms with Gasteiger partial charge in [0.25, 0.3) is 5.91 Å². The lowest BCUT2D eigenvalue weighted by Gasteiger charge is -2.25. The molecule has 0 aromatic heterocycles. The van der Waals surface area contributed by atoms with Gasteiger partial charge in [0.2, 0.25) is 6.10 Å². The van der Waals surface area contributed by atoms with Gasteiger partial charge in [-0.1, -0.05) is 42.5 Å². The van der Waals surface area contributed by atoms with Crippen molar-refractivity contribution < 1.29 is 14.3 Å². The number of rotatable bonds is 3. The maximum absolute atomic E-state index is 12.1. The van der Waals surface area contributed by atoms with E-state index in [-0.39, 0.29) is 12.5 Å². The van der Waals surface area contributed by atoms with E-state index in [0.29, 0.717) is 18.0 Å². The van der Waals surface area contributed by atoms with Crippen molar-refractivity contribution in [2.24, 2.45) is 0 Å². The van der Waals surface area contributed by atoms with E-state index in [2.05, 4.69) is 5.32 Å². The van der Waals surface area contributed by atoms with Gasteiger partial charge >= 0.3 is 0 Å². The average molecular weight is 269 g/mol. The van der Waals surface area contributed by atoms with Gasteiger partial charge in [0.05, 0.1) is 0 Å². The predicted molar refractivity (Wildman–Crippen MR) is 74.6 cm³/mol. The largest absolute Gasteiger partial charge is 0.485 e. The van der Waals surface area contributed by atoms with Crippen molar-refractivity contribution in [2.75, 3.05) is 6.61 Å². The fraction of sp³-hybridized carbons (Fsp3) is 0.188. The van der Waals surface area contributed by atoms with E-state index in [1.54, 1.807) is 6.07 Å². The van der Waals surface area contributed by atoms with Crippen molar-refractivity contribution in [2.45, 2.75) is 12.6 Å². The van der Waals surface area contributed by atoms with Crippen LogP contribution < -0.4 is 14.8 Å². The van der Waals surface area contributed by atoms with E-state index >= 15 is 0 Å². The summed E-state index contributed by atoms with van der Waals surface area (Å²) in [6.45, 7) is 0.721. The number of carbonyl (C=O) groups excluding carboxylic acids is 1. The molecule has 20 heavy (non-hydrogen) atoms. The lowest BCUT2D eigenvalue weighted by Crippen LogP contribution is -2.43. The summed E-state index contributed by atoms with van der Waals surface area (Å²) in [6, 6.07) is 17.1. The van der Waals surface area contributed by atoms with Crippen LogP contribution in [0, 0.1) is 0 Å². The van der Waals surface area contributed by atoms with E-state index in [0.717, 1.165) is 5.56 Å². The summed E-state index contributed by atoms with van der Waals surface area (Å²) in [4.78, 5) is 12.1. The van der Waals surface area contributed by atoms with Crippen molar-refractivity contribution in [3.8, 4) is 11.5 Å². The van der Waals surface area contributed by atoms with Gasteiger partial charge in [-0.3, -0.25) is 4.79 Å². The van der Waals surface area contributed by atoms with Crippen LogP contribution in [0.4, 0.5) is 0 Å². The standard InChI is InChI=1S/C16H15NO3/c18-16(17-10-12-6-2-1-3-7-12)15-11-19-13-8-4-5-9-14(13)20-15/h1-9,15H,10-11H2,(H,17,18)/t15-/m0/s1. The highest BCUT2D eigenvalue weighted by Gasteiger charge is 2.26. The molecule has 0 aliphatic carbocycles. The maximum Gasteiger partial charge on any atom is 0.264 e. The van der Waals surface area contributed by atoms with Crippen molar-refractivity contribution >= 4 is 5.91 Å². The smallest absolute Gasteiger partial charge is 0.264 e. The first kappa shape index (κ1) is 12.5. The molecule has 0 fully saturated rings. The first-order valence-corrected chi connectivity index (χ1v) is 6.53. The second-order valence-corrected chi connectivity index (χ2v) is 4.57. The van der Waals surface area contributed by atoms with Gasteiger partial charge in [0.1, 0.15) is 6.61 Å². The Morgan fingerprint density at radius 2 is 1.75 bits per heavy atom. The van der Waals surface area contributed by atoms with E-state index in [1.165, 1.54) is 0 Å². The van der Waals surface area contributed by atoms with Crippen LogP contribution in [0.2, 0.25) is 0 Å². The molecule has 1 heterocycles. The molecule has 4 nitrogen and oxygen atoms in total. The van der Waals surface area contributed by atoms with Gasteiger partial charge in [-0.05, 0) is 17.7 Å². The Morgan fingerprint density at radius 1 is 1.05 bits per heavy atom. The van der Waals surface area contributed by atoms with E-state index in [9.17, 15) is 4.79 Å². The highest BCUT2D eigenvalue weighted by molar-refractivity contribution is 5.81. The number of para-hydroxylation sites is 2. The van der Waals surface area contributed by atoms with Gasteiger partial charge in [-0.15, -0.1) is 0 Å². The van der Waals surface area contributed by atoms with Gasteiger partial charge in [-0.2, -0.15) is 0 Å². The van der Waals surface area contributed by atoms with Crippen LogP contribution in [0.25, 0.3) is 0 Å². The number of nitrogens with one attached hydrogen (secondary N) is 1. The van der Waals surface area contributed by atoms with Crippen molar-refractivity contribution in [3.05, 3.63) is 60.2 Å². The minimum atomic E-state index is -0.603. The normalized spacial score (nSPS) is 16.5. The summed E-state index contributed by atoms with van der Waals surface area (Å²) in [7, 11) is 0. The second kappa shape index (κ2) is 5.65. The van der Waals surface area contributed by atoms with Crippen LogP contribution in [0.15, 0.2) is 54.6 Å². The molecule has 0 bridgehead atoms. The summed E-state index contributed by atoms with van der Waals surface area (Å²) in [5, 5.41) is 2.86. The Kier molecular flexibility index (Phi) is 3.54. The quantitative estimate of drug-likeness (QED) is 0.928. The molecule has 2 aromatic carbocycles. The fourth-order valence-electron chi connectivity index (χ4n) is 2.05. The summed E-state index contributed by atoms with van der Waals surface area (Å²) >= 11 is 0. The third-order valence-electron chi connectivity index (χ3n) is 3.11. The first-order valence-electron chi connectivity index (χ1n) is 6.53. The molecule has 0 saturated carbocycles. The molecular weight excluding hydrogens is 254 g/mol. The van der Waals surface area contributed by atoms with Crippen LogP contribution in [0.5, 0.6) is 11.5 Å². The summed E-state index contributed by atoms with van der Waals surface area (Å²) in [5.41, 5.74) is 1.05. The molecule has 0 radical (unpaired) electrons. The first-order chi connectivity index (χ1) is 9.83. The molecule has 3 rings (SSSR count). The number of hydrogen-bond acceptors (Lipinski definition) is 3. The van der Waals surface area contributed by atoms with Crippen LogP contribution >= 0.6 is 0 Å². The zero-order valence-corrected chi connectivity index (χ0v) is 10.9. The molecule has 0 spiro atoms. The molecular formula is C16H15NO3. The molecule has 1 atom stereocenters. The monoisotopic (exact) mass is 269 g/mol. The number of carbonyl (C=O) groups is 1. The van der Waals surface area contributed by atoms with Crippen molar-refractivity contribution in [1.29, 1.82) is 0 Å². The van der Waals surface area contributed by atoms with E-state index in [4.69, 9.17) is 9.47 Å². The molecule has 1 N–H and O–H groups in total. The molecule has 1 amide bonds. The Bertz CT molecular complexity index is 598. The molecule has 1 aliphatic heterocycles. The number of benzene rings is 2. The molecule has 1 aliphatic rings. The van der Waals surface area contributed by atoms with Crippen molar-refractivity contribution in [1.82, 2.24) is 5.32 Å². The summed E-state index contributed by atoms with van der Waals surface area (Å²) < 4.78 is 11.2. The van der Waals surface area contributed by atoms with Crippen LogP contribution in [-0.4, -0.2) is 18.6 Å². The van der Waals surface area contributed by atoms with Gasteiger partial charge in [0.15, 0.2) is 11.5 Å². The highest BCUT2D eigenvalue weighted by atomic mass is 16.6. The van der Waals surface area contributed by atoms with E-state index < -0.39 is 6.10 Å². The molecule has 2 aromatic rings. The van der Waals surface area contributed by atoms with E-state index in [1.807, 2.05) is 48.5 Å². The molecule has 102 valence electrons. The molecule has 0 saturated heterocycles. The van der Waals surface area contributed by atoms with Gasteiger partial charge in [0, 0.05) is 6.54 Å². The number of ether oxygens (including phenoxy) is 2. The number of hydrogen-bond donors (Lipinski definition) is 1. The minimum absolute atomic E-state index is 0.164. The summed E-state index contributed by atoms with van der Waals surface area (Å²) in [6.07, 6.45) is -0.603. The predicted octanol–water partition coefficient (Wildman–Crippen LogP) is 2.14. The van der Waals surface area contributed by atoms with Crippen molar-refractivity contribution in [3.63, 3.8) is 0 Å². The van der Waals surface area contributed by atoms with Crippen LogP contribution in [0.3, 0.4) is 0 Å². The highest BCUT2D eigenvalue weighted by Crippen LogP contribution is 2.30. The van der Waals surface area contributed by atoms with Gasteiger partial charge in [-0.25, -0.2) is 0 Å². The fourth-order valence-corrected chi connectivity index (χ4v) is 2.05. The molecule has 0 unspecified atom stereocenters. The van der Waals surface area contributed by atoms with Crippen LogP contribution in [-0.2, 0) is 11.3 Å². The maximum atomic E-state index is 12.1. The Morgan fingerprint density at radius 3 is 2.55 bits per heavy atom. The Balaban J connectivity index is 1.59. The van der Waals surface area contributed by atoms with Gasteiger partial charge < -0.3 is 14.8 Å². The number of fused-ring (bicyclic) bond motifs is 1.